The molecule has 0 aliphatic carbocycles. The Morgan fingerprint density at radius 2 is 2.26 bits per heavy atom. The molecule has 1 aliphatic rings. The summed E-state index contributed by atoms with van der Waals surface area (Å²) < 4.78 is 28.0. The van der Waals surface area contributed by atoms with Crippen LogP contribution in [-0.2, 0) is 20.3 Å². The maximum Gasteiger partial charge on any atom is 0.224 e. The van der Waals surface area contributed by atoms with Crippen molar-refractivity contribution in [3.05, 3.63) is 17.0 Å². The van der Waals surface area contributed by atoms with Crippen LogP contribution in [0.3, 0.4) is 0 Å². The molecule has 1 aliphatic heterocycles. The molecule has 1 fully saturated rings. The van der Waals surface area contributed by atoms with E-state index >= 15 is 0 Å². The predicted octanol–water partition coefficient (Wildman–Crippen LogP) is 0.900. The number of rotatable bonds is 3. The van der Waals surface area contributed by atoms with Gasteiger partial charge in [0.15, 0.2) is 9.84 Å². The first kappa shape index (κ1) is 14.5. The second-order valence-corrected chi connectivity index (χ2v) is 7.15. The molecular weight excluding hydrogens is 290 g/mol. The van der Waals surface area contributed by atoms with Crippen LogP contribution in [0.2, 0.25) is 5.28 Å². The molecule has 0 unspecified atom stereocenters. The predicted molar refractivity (Wildman–Crippen MR) is 73.2 cm³/mol. The van der Waals surface area contributed by atoms with E-state index in [0.29, 0.717) is 31.3 Å². The number of hydrogen-bond donors (Lipinski definition) is 0. The molecule has 6 nitrogen and oxygen atoms in total. The van der Waals surface area contributed by atoms with Crippen LogP contribution in [0.5, 0.6) is 0 Å². The summed E-state index contributed by atoms with van der Waals surface area (Å²) in [4.78, 5) is 10.2. The van der Waals surface area contributed by atoms with Crippen molar-refractivity contribution in [3.63, 3.8) is 0 Å². The lowest BCUT2D eigenvalue weighted by atomic mass is 10.2. The third-order valence-corrected chi connectivity index (χ3v) is 3.80. The Morgan fingerprint density at radius 1 is 1.53 bits per heavy atom. The van der Waals surface area contributed by atoms with Gasteiger partial charge < -0.3 is 9.64 Å². The van der Waals surface area contributed by atoms with Gasteiger partial charge in [-0.3, -0.25) is 0 Å². The van der Waals surface area contributed by atoms with Crippen molar-refractivity contribution in [1.29, 1.82) is 0 Å². The average Bonchev–Trinajstić information content (AvgIpc) is 2.26. The van der Waals surface area contributed by atoms with E-state index in [-0.39, 0.29) is 17.1 Å². The van der Waals surface area contributed by atoms with Crippen molar-refractivity contribution in [2.24, 2.45) is 0 Å². The fraction of sp³-hybridized carbons (Fsp3) is 0.636. The van der Waals surface area contributed by atoms with Gasteiger partial charge in [0.1, 0.15) is 5.82 Å². The molecule has 106 valence electrons. The highest BCUT2D eigenvalue weighted by molar-refractivity contribution is 7.89. The van der Waals surface area contributed by atoms with Crippen LogP contribution < -0.4 is 4.90 Å². The maximum absolute atomic E-state index is 11.3. The number of aromatic nitrogens is 2. The Hall–Kier alpha value is -0.920. The van der Waals surface area contributed by atoms with Crippen molar-refractivity contribution < 1.29 is 13.2 Å². The first-order chi connectivity index (χ1) is 8.85. The maximum atomic E-state index is 11.3. The molecule has 0 radical (unpaired) electrons. The minimum atomic E-state index is -3.15. The lowest BCUT2D eigenvalue weighted by Gasteiger charge is -2.34. The molecule has 1 aromatic rings. The highest BCUT2D eigenvalue weighted by atomic mass is 35.5. The Morgan fingerprint density at radius 3 is 2.89 bits per heavy atom. The van der Waals surface area contributed by atoms with E-state index in [9.17, 15) is 8.42 Å². The zero-order valence-electron chi connectivity index (χ0n) is 10.8. The summed E-state index contributed by atoms with van der Waals surface area (Å²) in [5.41, 5.74) is 0.413. The topological polar surface area (TPSA) is 72.4 Å². The Balaban J connectivity index is 2.30. The van der Waals surface area contributed by atoms with Crippen molar-refractivity contribution in [1.82, 2.24) is 9.97 Å². The number of hydrogen-bond acceptors (Lipinski definition) is 6. The highest BCUT2D eigenvalue weighted by Gasteiger charge is 2.21. The molecule has 1 atom stereocenters. The monoisotopic (exact) mass is 305 g/mol. The smallest absolute Gasteiger partial charge is 0.224 e. The van der Waals surface area contributed by atoms with Crippen molar-refractivity contribution in [3.8, 4) is 0 Å². The van der Waals surface area contributed by atoms with Gasteiger partial charge in [0.05, 0.1) is 30.7 Å². The molecule has 0 N–H and O–H groups in total. The molecule has 1 aromatic heterocycles. The number of anilines is 1. The van der Waals surface area contributed by atoms with Crippen LogP contribution in [0.1, 0.15) is 12.6 Å². The quantitative estimate of drug-likeness (QED) is 0.773. The van der Waals surface area contributed by atoms with Crippen molar-refractivity contribution in [2.75, 3.05) is 30.9 Å². The summed E-state index contributed by atoms with van der Waals surface area (Å²) in [6, 6.07) is 1.85. The zero-order chi connectivity index (χ0) is 14.0. The molecule has 0 aromatic carbocycles. The Kier molecular flexibility index (Phi) is 4.27. The average molecular weight is 306 g/mol. The fourth-order valence-electron chi connectivity index (χ4n) is 2.01. The van der Waals surface area contributed by atoms with Gasteiger partial charge in [-0.1, -0.05) is 0 Å². The van der Waals surface area contributed by atoms with Crippen molar-refractivity contribution in [2.45, 2.75) is 18.7 Å². The van der Waals surface area contributed by atoms with Crippen LogP contribution in [0.25, 0.3) is 0 Å². The molecule has 8 heteroatoms. The second-order valence-electron chi connectivity index (χ2n) is 4.67. The minimum Gasteiger partial charge on any atom is -0.377 e. The molecular formula is C11H16ClN3O3S. The van der Waals surface area contributed by atoms with Crippen LogP contribution >= 0.6 is 11.6 Å². The van der Waals surface area contributed by atoms with E-state index in [0.717, 1.165) is 0 Å². The van der Waals surface area contributed by atoms with Gasteiger partial charge in [0, 0.05) is 18.9 Å². The summed E-state index contributed by atoms with van der Waals surface area (Å²) in [5, 5.41) is 0.0647. The van der Waals surface area contributed by atoms with Gasteiger partial charge in [-0.2, -0.15) is 0 Å². The van der Waals surface area contributed by atoms with Gasteiger partial charge in [-0.25, -0.2) is 18.4 Å². The van der Waals surface area contributed by atoms with Crippen LogP contribution in [-0.4, -0.2) is 50.4 Å². The largest absolute Gasteiger partial charge is 0.377 e. The molecule has 0 spiro atoms. The van der Waals surface area contributed by atoms with Gasteiger partial charge in [0.25, 0.3) is 0 Å². The van der Waals surface area contributed by atoms with E-state index in [1.165, 1.54) is 6.26 Å². The number of morpholine rings is 1. The molecule has 0 bridgehead atoms. The van der Waals surface area contributed by atoms with E-state index in [1.54, 1.807) is 6.07 Å². The Bertz CT molecular complexity index is 564. The summed E-state index contributed by atoms with van der Waals surface area (Å²) in [6.07, 6.45) is 1.17. The molecule has 1 saturated heterocycles. The van der Waals surface area contributed by atoms with Crippen LogP contribution in [0.15, 0.2) is 6.07 Å². The third kappa shape index (κ3) is 4.02. The summed E-state index contributed by atoms with van der Waals surface area (Å²) in [7, 11) is -3.15. The first-order valence-electron chi connectivity index (χ1n) is 5.91. The van der Waals surface area contributed by atoms with E-state index < -0.39 is 9.84 Å². The molecule has 0 saturated carbocycles. The van der Waals surface area contributed by atoms with E-state index in [1.807, 2.05) is 11.8 Å². The second kappa shape index (κ2) is 5.60. The SMILES string of the molecule is C[C@@H]1COCCN1c1cc(CS(C)(=O)=O)nc(Cl)n1. The minimum absolute atomic E-state index is 0.0647. The summed E-state index contributed by atoms with van der Waals surface area (Å²) in [5.74, 6) is 0.510. The molecule has 19 heavy (non-hydrogen) atoms. The lowest BCUT2D eigenvalue weighted by molar-refractivity contribution is 0.0985. The standard InChI is InChI=1S/C11H16ClN3O3S/c1-8-6-18-4-3-15(8)10-5-9(7-19(2,16)17)13-11(12)14-10/h5,8H,3-4,6-7H2,1-2H3/t8-/m1/s1. The highest BCUT2D eigenvalue weighted by Crippen LogP contribution is 2.20. The van der Waals surface area contributed by atoms with Gasteiger partial charge in [0.2, 0.25) is 5.28 Å². The molecule has 2 rings (SSSR count). The van der Waals surface area contributed by atoms with Gasteiger partial charge >= 0.3 is 0 Å². The van der Waals surface area contributed by atoms with E-state index in [2.05, 4.69) is 9.97 Å². The molecule has 0 amide bonds. The number of sulfone groups is 1. The number of ether oxygens (including phenoxy) is 1. The van der Waals surface area contributed by atoms with Gasteiger partial charge in [-0.15, -0.1) is 0 Å². The van der Waals surface area contributed by atoms with Crippen molar-refractivity contribution >= 4 is 27.3 Å². The van der Waals surface area contributed by atoms with E-state index in [4.69, 9.17) is 16.3 Å². The van der Waals surface area contributed by atoms with Crippen LogP contribution in [0.4, 0.5) is 5.82 Å². The molecule has 2 heterocycles. The lowest BCUT2D eigenvalue weighted by Crippen LogP contribution is -2.44. The number of halogens is 1. The van der Waals surface area contributed by atoms with Gasteiger partial charge in [-0.05, 0) is 18.5 Å². The number of nitrogens with zero attached hydrogens (tertiary/aromatic N) is 3. The third-order valence-electron chi connectivity index (χ3n) is 2.81. The first-order valence-corrected chi connectivity index (χ1v) is 8.34. The summed E-state index contributed by atoms with van der Waals surface area (Å²) >= 11 is 5.87. The zero-order valence-corrected chi connectivity index (χ0v) is 12.4. The summed E-state index contributed by atoms with van der Waals surface area (Å²) in [6.45, 7) is 3.95. The fourth-order valence-corrected chi connectivity index (χ4v) is 2.89. The van der Waals surface area contributed by atoms with Crippen LogP contribution in [0, 0.1) is 0 Å². The Labute approximate surface area is 117 Å². The normalized spacial score (nSPS) is 20.6.